The fourth-order valence-corrected chi connectivity index (χ4v) is 12.7. The smallest absolute Gasteiger partial charge is 0.320 e. The van der Waals surface area contributed by atoms with Gasteiger partial charge in [0.25, 0.3) is 0 Å². The lowest BCUT2D eigenvalue weighted by molar-refractivity contribution is -0.319. The number of carbonyl (C=O) groups excluding carboxylic acids is 3. The third kappa shape index (κ3) is 10.5. The van der Waals surface area contributed by atoms with Gasteiger partial charge in [-0.2, -0.15) is 0 Å². The zero-order valence-corrected chi connectivity index (χ0v) is 42.6. The van der Waals surface area contributed by atoms with Crippen molar-refractivity contribution in [3.05, 3.63) is 12.7 Å². The lowest BCUT2D eigenvalue weighted by atomic mass is 9.70. The van der Waals surface area contributed by atoms with Crippen molar-refractivity contribution in [3.63, 3.8) is 0 Å². The molecule has 20 heteroatoms. The topological polar surface area (TPSA) is 238 Å². The Hall–Kier alpha value is -3.05. The molecule has 19 nitrogen and oxygen atoms in total. The molecule has 4 N–H and O–H groups in total. The third-order valence-corrected chi connectivity index (χ3v) is 16.6. The van der Waals surface area contributed by atoms with Gasteiger partial charge in [0.1, 0.15) is 41.2 Å². The molecule has 0 bridgehead atoms. The van der Waals surface area contributed by atoms with E-state index in [1.54, 1.807) is 41.1 Å². The number of aliphatic hydroxyl groups excluding tert-OH is 2. The quantitative estimate of drug-likeness (QED) is 0.257. The van der Waals surface area contributed by atoms with Gasteiger partial charge in [0.2, 0.25) is 0 Å². The van der Waals surface area contributed by atoms with Gasteiger partial charge in [0, 0.05) is 62.7 Å². The number of methoxy groups -OCH3 is 2. The number of rotatable bonds is 12. The summed E-state index contributed by atoms with van der Waals surface area (Å²) in [6.07, 6.45) is -4.00. The first-order chi connectivity index (χ1) is 31.4. The predicted molar refractivity (Wildman–Crippen MR) is 248 cm³/mol. The number of cyclic esters (lactones) is 1. The highest BCUT2D eigenvalue weighted by Gasteiger charge is 2.62. The van der Waals surface area contributed by atoms with Gasteiger partial charge in [-0.3, -0.25) is 14.4 Å². The lowest BCUT2D eigenvalue weighted by Gasteiger charge is -2.50. The van der Waals surface area contributed by atoms with Gasteiger partial charge in [-0.05, 0) is 74.9 Å². The first kappa shape index (κ1) is 53.3. The molecule has 2 unspecified atom stereocenters. The monoisotopic (exact) mass is 965 g/mol. The highest BCUT2D eigenvalue weighted by Crippen LogP contribution is 2.49. The van der Waals surface area contributed by atoms with Crippen molar-refractivity contribution in [3.8, 4) is 0 Å². The summed E-state index contributed by atoms with van der Waals surface area (Å²) in [5.74, 6) is -4.49. The number of imidazole rings is 1. The summed E-state index contributed by atoms with van der Waals surface area (Å²) in [4.78, 5) is 59.0. The Bertz CT molecular complexity index is 2050. The Kier molecular flexibility index (Phi) is 16.8. The van der Waals surface area contributed by atoms with Crippen molar-refractivity contribution in [2.75, 3.05) is 39.8 Å². The van der Waals surface area contributed by atoms with Gasteiger partial charge in [-0.15, -0.1) is 11.8 Å². The molecule has 4 aliphatic rings. The molecule has 0 amide bonds. The summed E-state index contributed by atoms with van der Waals surface area (Å²) >= 11 is 1.36. The summed E-state index contributed by atoms with van der Waals surface area (Å²) in [6, 6.07) is -0.302. The number of hydrogen-bond donors (Lipinski definition) is 3. The summed E-state index contributed by atoms with van der Waals surface area (Å²) < 4.78 is 53.5. The molecule has 2 aromatic heterocycles. The first-order valence-electron chi connectivity index (χ1n) is 23.7. The molecular weight excluding hydrogens is 889 g/mol. The predicted octanol–water partition coefficient (Wildman–Crippen LogP) is 3.78. The van der Waals surface area contributed by atoms with Crippen molar-refractivity contribution in [2.45, 2.75) is 185 Å². The van der Waals surface area contributed by atoms with Crippen molar-refractivity contribution < 1.29 is 62.5 Å². The summed E-state index contributed by atoms with van der Waals surface area (Å²) in [6.45, 7) is 18.6. The molecule has 19 atom stereocenters. The maximum atomic E-state index is 15.1. The van der Waals surface area contributed by atoms with E-state index in [1.807, 2.05) is 65.1 Å². The largest absolute Gasteiger partial charge is 0.458 e. The lowest BCUT2D eigenvalue weighted by Crippen LogP contribution is -2.61. The van der Waals surface area contributed by atoms with E-state index in [4.69, 9.17) is 43.6 Å². The number of hydrogen-bond acceptors (Lipinski definition) is 19. The van der Waals surface area contributed by atoms with Crippen LogP contribution in [0.15, 0.2) is 12.7 Å². The molecule has 2 aromatic rings. The molecule has 378 valence electrons. The standard InChI is InChI=1S/C47H76N6O13S/c1-15-30-47(10)32(37(43(58)66-47)67-17-16-53-22-51-33-40(48)49-21-50-41(33)53)25(4)34(54)23(2)19-46(9,60-14)39(65-44-35(55)29(52(11)12)18-24(3)61-44)26(5)36(27(6)42(57)63-30)64-31-20-45(8,59-13)38(56)28(7)62-31/h21-32,35-39,44,55-56H,15-20H2,1-14H3,(H2,48,49,50)/t23-,24-,25+,26+,27-,28-,29+,30-,31+,32?,35-,36+,37?,38+,39-,44+,45-,46-,47-/m1/s1. The maximum Gasteiger partial charge on any atom is 0.320 e. The van der Waals surface area contributed by atoms with Crippen LogP contribution in [0.1, 0.15) is 94.9 Å². The van der Waals surface area contributed by atoms with Gasteiger partial charge in [0.05, 0.1) is 47.9 Å². The minimum atomic E-state index is -1.41. The van der Waals surface area contributed by atoms with E-state index in [2.05, 4.69) is 15.0 Å². The van der Waals surface area contributed by atoms with E-state index >= 15 is 4.79 Å². The number of carbonyl (C=O) groups is 3. The second kappa shape index (κ2) is 21.1. The van der Waals surface area contributed by atoms with Crippen LogP contribution in [0.4, 0.5) is 5.82 Å². The first-order valence-corrected chi connectivity index (χ1v) is 24.7. The number of ketones is 1. The fourth-order valence-electron chi connectivity index (χ4n) is 11.2. The number of ether oxygens (including phenoxy) is 8. The number of thioether (sulfide) groups is 1. The Morgan fingerprint density at radius 1 is 0.925 bits per heavy atom. The van der Waals surface area contributed by atoms with Gasteiger partial charge >= 0.3 is 11.9 Å². The number of anilines is 1. The molecule has 4 aliphatic heterocycles. The van der Waals surface area contributed by atoms with Crippen LogP contribution in [-0.4, -0.2) is 170 Å². The van der Waals surface area contributed by atoms with E-state index < -0.39 is 113 Å². The second-order valence-electron chi connectivity index (χ2n) is 20.3. The number of aromatic nitrogens is 4. The van der Waals surface area contributed by atoms with E-state index in [0.717, 1.165) is 0 Å². The molecule has 0 aliphatic carbocycles. The number of Topliss-reactive ketones (excluding diaryl/α,β-unsaturated/α-hetero) is 1. The van der Waals surface area contributed by atoms with Crippen LogP contribution in [-0.2, 0) is 58.8 Å². The molecule has 6 rings (SSSR count). The van der Waals surface area contributed by atoms with Gasteiger partial charge < -0.3 is 63.3 Å². The van der Waals surface area contributed by atoms with Gasteiger partial charge in [0.15, 0.2) is 29.6 Å². The van der Waals surface area contributed by atoms with Crippen LogP contribution in [0.2, 0.25) is 0 Å². The minimum Gasteiger partial charge on any atom is -0.458 e. The van der Waals surface area contributed by atoms with Gasteiger partial charge in [-0.1, -0.05) is 27.7 Å². The van der Waals surface area contributed by atoms with Crippen LogP contribution >= 0.6 is 11.8 Å². The van der Waals surface area contributed by atoms with Crippen molar-refractivity contribution >= 4 is 46.5 Å². The van der Waals surface area contributed by atoms with Gasteiger partial charge in [-0.25, -0.2) is 15.0 Å². The minimum absolute atomic E-state index is 0.119. The van der Waals surface area contributed by atoms with Crippen molar-refractivity contribution in [1.29, 1.82) is 0 Å². The van der Waals surface area contributed by atoms with Crippen molar-refractivity contribution in [2.24, 2.45) is 29.6 Å². The average Bonchev–Trinajstić information content (AvgIpc) is 3.82. The van der Waals surface area contributed by atoms with E-state index in [0.29, 0.717) is 29.9 Å². The fraction of sp³-hybridized carbons (Fsp3) is 0.830. The highest BCUT2D eigenvalue weighted by atomic mass is 32.2. The molecule has 4 fully saturated rings. The Morgan fingerprint density at radius 3 is 2.25 bits per heavy atom. The summed E-state index contributed by atoms with van der Waals surface area (Å²) in [7, 11) is 6.84. The number of aliphatic hydroxyl groups is 2. The van der Waals surface area contributed by atoms with E-state index in [9.17, 15) is 19.8 Å². The highest BCUT2D eigenvalue weighted by molar-refractivity contribution is 8.00. The Balaban J connectivity index is 1.41. The molecule has 4 saturated heterocycles. The molecule has 6 heterocycles. The molecule has 67 heavy (non-hydrogen) atoms. The molecule has 0 radical (unpaired) electrons. The molecule has 0 spiro atoms. The summed E-state index contributed by atoms with van der Waals surface area (Å²) in [5.41, 5.74) is 3.34. The number of likely N-dealkylation sites (N-methyl/N-ethyl adjacent to an activating group) is 1. The summed E-state index contributed by atoms with van der Waals surface area (Å²) in [5, 5.41) is 22.1. The number of esters is 2. The van der Waals surface area contributed by atoms with E-state index in [-0.39, 0.29) is 43.0 Å². The van der Waals surface area contributed by atoms with Crippen molar-refractivity contribution in [1.82, 2.24) is 24.4 Å². The number of nitrogen functional groups attached to an aromatic ring is 1. The SMILES string of the molecule is CC[C@H]1OC(=O)[C@H](C)[C@@H](O[C@H]2C[C@@](C)(OC)[C@@H](O)[C@@H](C)O2)[C@H](C)[C@@H](O[C@@H]2O[C@H](C)C[C@H](N(C)C)[C@H]2O)[C@](C)(OC)C[C@@H](C)C(=O)[C@@H](C)C2C(SCCn3cnc4c(N)ncnc43)C(=O)O[C@@]21C. The average molecular weight is 965 g/mol. The zero-order valence-electron chi connectivity index (χ0n) is 41.7. The maximum absolute atomic E-state index is 15.1. The number of fused-ring (bicyclic) bond motifs is 2. The Labute approximate surface area is 399 Å². The van der Waals surface area contributed by atoms with Crippen LogP contribution in [0, 0.1) is 29.6 Å². The van der Waals surface area contributed by atoms with E-state index in [1.165, 1.54) is 25.2 Å². The molecule has 0 saturated carbocycles. The number of aryl methyl sites for hydroxylation is 1. The zero-order chi connectivity index (χ0) is 49.5. The van der Waals surface area contributed by atoms with Crippen LogP contribution in [0.5, 0.6) is 0 Å². The van der Waals surface area contributed by atoms with Crippen LogP contribution < -0.4 is 5.73 Å². The second-order valence-corrected chi connectivity index (χ2v) is 21.5. The molecular formula is C47H76N6O13S. The van der Waals surface area contributed by atoms with Crippen LogP contribution in [0.25, 0.3) is 11.2 Å². The third-order valence-electron chi connectivity index (χ3n) is 15.3. The normalized spacial score (nSPS) is 42.6. The molecule has 0 aromatic carbocycles. The number of nitrogens with zero attached hydrogens (tertiary/aromatic N) is 5. The van der Waals surface area contributed by atoms with Crippen LogP contribution in [0.3, 0.4) is 0 Å². The Morgan fingerprint density at radius 2 is 1.61 bits per heavy atom. The number of nitrogens with two attached hydrogens (primary N) is 1.